The fraction of sp³-hybridized carbons (Fsp3) is 0.535. The molecule has 2 fully saturated rings. The highest BCUT2D eigenvalue weighted by Crippen LogP contribution is 2.65. The number of nitrogens with one attached hydrogen (secondary N) is 2. The van der Waals surface area contributed by atoms with Crippen LogP contribution in [-0.4, -0.2) is 92.9 Å². The number of aromatic amines is 1. The number of benzene rings is 2. The normalized spacial score (nSPS) is 34.4. The van der Waals surface area contributed by atoms with Gasteiger partial charge in [-0.2, -0.15) is 0 Å². The third-order valence-corrected chi connectivity index (χ3v) is 14.2. The Morgan fingerprint density at radius 1 is 1.02 bits per heavy atom. The van der Waals surface area contributed by atoms with E-state index >= 15 is 4.79 Å². The van der Waals surface area contributed by atoms with Crippen LogP contribution in [0.15, 0.2) is 60.2 Å². The molecule has 0 radical (unpaired) electrons. The Balaban J connectivity index is 1.33. The Morgan fingerprint density at radius 3 is 2.63 bits per heavy atom. The smallest absolute Gasteiger partial charge is 0.322 e. The first kappa shape index (κ1) is 33.7. The van der Waals surface area contributed by atoms with E-state index in [1.165, 1.54) is 30.9 Å². The van der Waals surface area contributed by atoms with Gasteiger partial charge in [0.1, 0.15) is 11.2 Å². The van der Waals surface area contributed by atoms with Crippen molar-refractivity contribution in [2.45, 2.75) is 75.3 Å². The van der Waals surface area contributed by atoms with Crippen LogP contribution in [-0.2, 0) is 36.3 Å². The van der Waals surface area contributed by atoms with Crippen LogP contribution in [0.25, 0.3) is 10.9 Å². The average molecular weight is 705 g/mol. The van der Waals surface area contributed by atoms with E-state index in [1.54, 1.807) is 7.11 Å². The van der Waals surface area contributed by atoms with E-state index in [2.05, 4.69) is 88.6 Å². The van der Waals surface area contributed by atoms with E-state index in [9.17, 15) is 4.79 Å². The molecule has 1 saturated carbocycles. The van der Waals surface area contributed by atoms with E-state index in [1.807, 2.05) is 0 Å². The summed E-state index contributed by atoms with van der Waals surface area (Å²) in [5, 5.41) is 5.05. The Hall–Kier alpha value is -4.08. The number of nitrogens with zero attached hydrogens (tertiary/aromatic N) is 2. The van der Waals surface area contributed by atoms with Gasteiger partial charge in [0.2, 0.25) is 0 Å². The molecule has 6 heterocycles. The maximum Gasteiger partial charge on any atom is 0.322 e. The number of para-hydroxylation sites is 1. The molecular formula is C43H52N4O5. The second-order valence-electron chi connectivity index (χ2n) is 16.3. The summed E-state index contributed by atoms with van der Waals surface area (Å²) in [6.45, 7) is 9.10. The lowest BCUT2D eigenvalue weighted by Gasteiger charge is -2.57. The minimum atomic E-state index is -1.19. The second-order valence-corrected chi connectivity index (χ2v) is 16.3. The minimum absolute atomic E-state index is 0.124. The van der Waals surface area contributed by atoms with Crippen molar-refractivity contribution in [3.05, 3.63) is 82.6 Å². The molecule has 1 aliphatic carbocycles. The van der Waals surface area contributed by atoms with Crippen LogP contribution in [0.1, 0.15) is 68.3 Å². The summed E-state index contributed by atoms with van der Waals surface area (Å²) in [7, 11) is 4.75. The number of ether oxygens (including phenoxy) is 3. The molecule has 9 nitrogen and oxygen atoms in total. The van der Waals surface area contributed by atoms with Crippen molar-refractivity contribution < 1.29 is 23.8 Å². The van der Waals surface area contributed by atoms with Crippen LogP contribution in [0.2, 0.25) is 0 Å². The number of aromatic nitrogens is 1. The molecule has 0 amide bonds. The van der Waals surface area contributed by atoms with Crippen LogP contribution in [0.5, 0.6) is 5.75 Å². The molecule has 3 aromatic rings. The highest BCUT2D eigenvalue weighted by atomic mass is 16.5. The third-order valence-electron chi connectivity index (χ3n) is 14.2. The summed E-state index contributed by atoms with van der Waals surface area (Å²) in [5.74, 6) is 0.00962. The molecule has 1 unspecified atom stereocenters. The second kappa shape index (κ2) is 12.2. The number of carbonyl (C=O) groups excluding carboxylic acids is 2. The molecule has 1 aromatic heterocycles. The predicted octanol–water partition coefficient (Wildman–Crippen LogP) is 6.12. The summed E-state index contributed by atoms with van der Waals surface area (Å²) in [5.41, 5.74) is 5.78. The van der Waals surface area contributed by atoms with Gasteiger partial charge >= 0.3 is 11.9 Å². The summed E-state index contributed by atoms with van der Waals surface area (Å²) in [6, 6.07) is 12.9. The van der Waals surface area contributed by atoms with Gasteiger partial charge in [-0.3, -0.25) is 19.4 Å². The minimum Gasteiger partial charge on any atom is -0.496 e. The van der Waals surface area contributed by atoms with Gasteiger partial charge in [-0.15, -0.1) is 0 Å². The molecular weight excluding hydrogens is 652 g/mol. The number of anilines is 1. The first-order chi connectivity index (χ1) is 25.3. The Labute approximate surface area is 306 Å². The SMILES string of the molecule is CCC1=C[C@@H]2CN(CCc3c([nH]c4ccccc34)[C@@](C(=O)OC)(c3cc4c(cc3OC)N[C@H]3[C@@H](C(=O)OC)C[C@]5(CC)C=CCN6CC[C@]43[C@@H]65)C2)C1. The molecule has 2 aromatic carbocycles. The van der Waals surface area contributed by atoms with Gasteiger partial charge < -0.3 is 24.5 Å². The van der Waals surface area contributed by atoms with Gasteiger partial charge in [-0.1, -0.05) is 55.8 Å². The standard InChI is InChI=1S/C43H52N4O5/c1-6-26-19-27-22-43(40(49)52-5,36-29(13-17-46(24-26)25-27)28-11-8-9-12-33(28)44-36)32-20-31-34(21-35(32)50-3)45-37-30(38(48)51-4)23-41(7-2)14-10-16-47-18-15-42(31,37)39(41)47/h8-12,14,19-21,27,30,37,39,44-45H,6-7,13,15-18,22-25H2,1-5H3/t27-,30-,37-,39-,41-,42-,43-/m0/s1. The lowest BCUT2D eigenvalue weighted by molar-refractivity contribution is -0.151. The van der Waals surface area contributed by atoms with Crippen LogP contribution >= 0.6 is 0 Å². The molecule has 1 spiro atoms. The highest BCUT2D eigenvalue weighted by Gasteiger charge is 2.69. The third kappa shape index (κ3) is 4.47. The maximum absolute atomic E-state index is 15.1. The molecule has 52 heavy (non-hydrogen) atoms. The zero-order valence-corrected chi connectivity index (χ0v) is 31.2. The van der Waals surface area contributed by atoms with E-state index < -0.39 is 5.41 Å². The van der Waals surface area contributed by atoms with E-state index in [0.29, 0.717) is 12.2 Å². The molecule has 9 heteroatoms. The fourth-order valence-electron chi connectivity index (χ4n) is 12.1. The first-order valence-electron chi connectivity index (χ1n) is 19.4. The number of fused-ring (bicyclic) bond motifs is 6. The lowest BCUT2D eigenvalue weighted by Crippen LogP contribution is -2.66. The number of carbonyl (C=O) groups is 2. The van der Waals surface area contributed by atoms with Gasteiger partial charge in [0.25, 0.3) is 0 Å². The zero-order valence-electron chi connectivity index (χ0n) is 31.2. The largest absolute Gasteiger partial charge is 0.496 e. The van der Waals surface area contributed by atoms with Crippen LogP contribution in [0, 0.1) is 17.3 Å². The van der Waals surface area contributed by atoms with Gasteiger partial charge in [-0.05, 0) is 74.2 Å². The number of rotatable bonds is 6. The zero-order chi connectivity index (χ0) is 36.0. The van der Waals surface area contributed by atoms with Crippen LogP contribution in [0.4, 0.5) is 5.69 Å². The molecule has 6 aliphatic rings. The first-order valence-corrected chi connectivity index (χ1v) is 19.4. The van der Waals surface area contributed by atoms with E-state index in [-0.39, 0.29) is 46.7 Å². The summed E-state index contributed by atoms with van der Waals surface area (Å²) in [6.07, 6.45) is 12.1. The molecule has 8 atom stereocenters. The van der Waals surface area contributed by atoms with E-state index in [4.69, 9.17) is 14.2 Å². The van der Waals surface area contributed by atoms with Gasteiger partial charge in [0.15, 0.2) is 0 Å². The van der Waals surface area contributed by atoms with E-state index in [0.717, 1.165) is 92.7 Å². The quantitative estimate of drug-likeness (QED) is 0.235. The maximum atomic E-state index is 15.1. The lowest BCUT2D eigenvalue weighted by atomic mass is 9.50. The van der Waals surface area contributed by atoms with Gasteiger partial charge in [0.05, 0.1) is 33.3 Å². The monoisotopic (exact) mass is 704 g/mol. The van der Waals surface area contributed by atoms with Crippen molar-refractivity contribution in [3.63, 3.8) is 0 Å². The predicted molar refractivity (Wildman–Crippen MR) is 202 cm³/mol. The van der Waals surface area contributed by atoms with Crippen molar-refractivity contribution in [2.75, 3.05) is 59.4 Å². The fourth-order valence-corrected chi connectivity index (χ4v) is 12.1. The Kier molecular flexibility index (Phi) is 7.94. The van der Waals surface area contributed by atoms with Crippen molar-refractivity contribution >= 4 is 28.5 Å². The van der Waals surface area contributed by atoms with Crippen molar-refractivity contribution in [2.24, 2.45) is 17.3 Å². The van der Waals surface area contributed by atoms with Crippen LogP contribution < -0.4 is 10.1 Å². The van der Waals surface area contributed by atoms with Crippen molar-refractivity contribution in [1.29, 1.82) is 0 Å². The number of hydrogen-bond acceptors (Lipinski definition) is 8. The highest BCUT2D eigenvalue weighted by molar-refractivity contribution is 5.94. The topological polar surface area (TPSA) is 96.1 Å². The summed E-state index contributed by atoms with van der Waals surface area (Å²) in [4.78, 5) is 37.9. The number of esters is 2. The summed E-state index contributed by atoms with van der Waals surface area (Å²) < 4.78 is 17.8. The van der Waals surface area contributed by atoms with Gasteiger partial charge in [-0.25, -0.2) is 0 Å². The molecule has 1 saturated heterocycles. The molecule has 274 valence electrons. The van der Waals surface area contributed by atoms with Crippen molar-refractivity contribution in [1.82, 2.24) is 14.8 Å². The summed E-state index contributed by atoms with van der Waals surface area (Å²) >= 11 is 0. The molecule has 2 bridgehead atoms. The molecule has 9 rings (SSSR count). The Bertz CT molecular complexity index is 2020. The van der Waals surface area contributed by atoms with Crippen molar-refractivity contribution in [3.8, 4) is 5.75 Å². The number of methoxy groups -OCH3 is 3. The number of H-pyrrole nitrogens is 1. The van der Waals surface area contributed by atoms with Crippen LogP contribution in [0.3, 0.4) is 0 Å². The number of hydrogen-bond donors (Lipinski definition) is 2. The average Bonchev–Trinajstić information content (AvgIpc) is 3.87. The molecule has 2 N–H and O–H groups in total. The Morgan fingerprint density at radius 2 is 1.87 bits per heavy atom. The van der Waals surface area contributed by atoms with Gasteiger partial charge in [0, 0.05) is 77.0 Å². The molecule has 5 aliphatic heterocycles.